The number of carbonyl (C=O) groups is 1. The maximum Gasteiger partial charge on any atom is 0.238 e. The van der Waals surface area contributed by atoms with Crippen molar-refractivity contribution in [2.75, 3.05) is 5.32 Å². The van der Waals surface area contributed by atoms with E-state index in [1.54, 1.807) is 24.4 Å². The first-order chi connectivity index (χ1) is 10.7. The van der Waals surface area contributed by atoms with E-state index in [1.807, 2.05) is 13.0 Å². The second-order valence-electron chi connectivity index (χ2n) is 4.76. The fourth-order valence-electron chi connectivity index (χ4n) is 1.83. The van der Waals surface area contributed by atoms with Crippen LogP contribution in [0.2, 0.25) is 0 Å². The van der Waals surface area contributed by atoms with Crippen molar-refractivity contribution in [1.29, 1.82) is 0 Å². The molecule has 0 unspecified atom stereocenters. The van der Waals surface area contributed by atoms with Crippen molar-refractivity contribution in [1.82, 2.24) is 15.1 Å². The Morgan fingerprint density at radius 1 is 1.32 bits per heavy atom. The van der Waals surface area contributed by atoms with E-state index in [0.717, 1.165) is 5.56 Å². The summed E-state index contributed by atoms with van der Waals surface area (Å²) in [5.41, 5.74) is 1.04. The van der Waals surface area contributed by atoms with Crippen molar-refractivity contribution in [3.63, 3.8) is 0 Å². The molecule has 3 aromatic rings. The number of anilines is 1. The highest BCUT2D eigenvalue weighted by Gasteiger charge is 2.12. The third-order valence-corrected chi connectivity index (χ3v) is 2.95. The standard InChI is InChI=1S/C15H14N4O3/c1-10-4-5-12(16-9-10)17-13(20)6-7-14-18-15(19-22-14)11-3-2-8-21-11/h2-5,8-9H,6-7H2,1H3,(H,16,17,20). The molecule has 7 nitrogen and oxygen atoms in total. The number of nitrogens with zero attached hydrogens (tertiary/aromatic N) is 3. The van der Waals surface area contributed by atoms with Crippen LogP contribution in [0.3, 0.4) is 0 Å². The second-order valence-corrected chi connectivity index (χ2v) is 4.76. The Kier molecular flexibility index (Phi) is 3.95. The smallest absolute Gasteiger partial charge is 0.238 e. The number of aromatic nitrogens is 3. The summed E-state index contributed by atoms with van der Waals surface area (Å²) in [7, 11) is 0. The summed E-state index contributed by atoms with van der Waals surface area (Å²) in [6.45, 7) is 1.94. The molecule has 0 fully saturated rings. The SMILES string of the molecule is Cc1ccc(NC(=O)CCc2nc(-c3ccco3)no2)nc1. The quantitative estimate of drug-likeness (QED) is 0.778. The minimum Gasteiger partial charge on any atom is -0.461 e. The Balaban J connectivity index is 1.54. The average Bonchev–Trinajstić information content (AvgIpc) is 3.18. The molecule has 1 N–H and O–H groups in total. The highest BCUT2D eigenvalue weighted by molar-refractivity contribution is 5.89. The minimum absolute atomic E-state index is 0.158. The van der Waals surface area contributed by atoms with Crippen molar-refractivity contribution < 1.29 is 13.7 Å². The van der Waals surface area contributed by atoms with Gasteiger partial charge in [0.2, 0.25) is 17.6 Å². The molecule has 22 heavy (non-hydrogen) atoms. The largest absolute Gasteiger partial charge is 0.461 e. The van der Waals surface area contributed by atoms with E-state index in [-0.39, 0.29) is 12.3 Å². The highest BCUT2D eigenvalue weighted by atomic mass is 16.5. The number of rotatable bonds is 5. The van der Waals surface area contributed by atoms with E-state index in [1.165, 1.54) is 6.26 Å². The van der Waals surface area contributed by atoms with Gasteiger partial charge >= 0.3 is 0 Å². The van der Waals surface area contributed by atoms with Gasteiger partial charge in [-0.25, -0.2) is 4.98 Å². The first-order valence-electron chi connectivity index (χ1n) is 6.80. The highest BCUT2D eigenvalue weighted by Crippen LogP contribution is 2.16. The van der Waals surface area contributed by atoms with Gasteiger partial charge in [-0.1, -0.05) is 11.2 Å². The van der Waals surface area contributed by atoms with Gasteiger partial charge in [0, 0.05) is 19.0 Å². The summed E-state index contributed by atoms with van der Waals surface area (Å²) in [4.78, 5) is 20.1. The van der Waals surface area contributed by atoms with E-state index in [2.05, 4.69) is 20.4 Å². The molecule has 3 heterocycles. The van der Waals surface area contributed by atoms with Gasteiger partial charge in [0.25, 0.3) is 0 Å². The van der Waals surface area contributed by atoms with Crippen LogP contribution in [0.1, 0.15) is 17.9 Å². The molecule has 0 saturated heterocycles. The predicted octanol–water partition coefficient (Wildman–Crippen LogP) is 2.60. The van der Waals surface area contributed by atoms with Crippen LogP contribution in [0, 0.1) is 6.92 Å². The maximum atomic E-state index is 11.8. The Morgan fingerprint density at radius 3 is 2.95 bits per heavy atom. The fraction of sp³-hybridized carbons (Fsp3) is 0.200. The van der Waals surface area contributed by atoms with Crippen LogP contribution < -0.4 is 5.32 Å². The Labute approximate surface area is 126 Å². The molecule has 0 radical (unpaired) electrons. The molecule has 7 heteroatoms. The predicted molar refractivity (Wildman–Crippen MR) is 77.9 cm³/mol. The van der Waals surface area contributed by atoms with Crippen LogP contribution in [0.4, 0.5) is 5.82 Å². The van der Waals surface area contributed by atoms with Crippen molar-refractivity contribution in [3.8, 4) is 11.6 Å². The lowest BCUT2D eigenvalue weighted by Crippen LogP contribution is -2.13. The van der Waals surface area contributed by atoms with E-state index in [9.17, 15) is 4.79 Å². The lowest BCUT2D eigenvalue weighted by Gasteiger charge is -2.03. The summed E-state index contributed by atoms with van der Waals surface area (Å²) in [5.74, 6) is 1.66. The Morgan fingerprint density at radius 2 is 2.23 bits per heavy atom. The molecule has 0 spiro atoms. The lowest BCUT2D eigenvalue weighted by molar-refractivity contribution is -0.116. The van der Waals surface area contributed by atoms with Gasteiger partial charge in [-0.3, -0.25) is 4.79 Å². The van der Waals surface area contributed by atoms with E-state index in [0.29, 0.717) is 29.7 Å². The number of aryl methyl sites for hydroxylation is 2. The summed E-state index contributed by atoms with van der Waals surface area (Å²) in [6, 6.07) is 7.13. The zero-order valence-corrected chi connectivity index (χ0v) is 11.9. The number of amides is 1. The second kappa shape index (κ2) is 6.21. The maximum absolute atomic E-state index is 11.8. The molecule has 0 aromatic carbocycles. The molecule has 0 bridgehead atoms. The molecular formula is C15H14N4O3. The van der Waals surface area contributed by atoms with Crippen molar-refractivity contribution in [3.05, 3.63) is 48.2 Å². The van der Waals surface area contributed by atoms with E-state index in [4.69, 9.17) is 8.94 Å². The number of pyridine rings is 1. The molecule has 0 saturated carbocycles. The van der Waals surface area contributed by atoms with Gasteiger partial charge in [-0.05, 0) is 30.7 Å². The van der Waals surface area contributed by atoms with Gasteiger partial charge in [-0.15, -0.1) is 0 Å². The van der Waals surface area contributed by atoms with Gasteiger partial charge in [-0.2, -0.15) is 4.98 Å². The van der Waals surface area contributed by atoms with Gasteiger partial charge in [0.1, 0.15) is 5.82 Å². The zero-order valence-electron chi connectivity index (χ0n) is 11.9. The lowest BCUT2D eigenvalue weighted by atomic mass is 10.3. The van der Waals surface area contributed by atoms with E-state index >= 15 is 0 Å². The van der Waals surface area contributed by atoms with Crippen LogP contribution in [0.25, 0.3) is 11.6 Å². The summed E-state index contributed by atoms with van der Waals surface area (Å²) < 4.78 is 10.3. The average molecular weight is 298 g/mol. The normalized spacial score (nSPS) is 10.6. The van der Waals surface area contributed by atoms with Gasteiger partial charge in [0.05, 0.1) is 6.26 Å². The minimum atomic E-state index is -0.158. The molecular weight excluding hydrogens is 284 g/mol. The number of nitrogens with one attached hydrogen (secondary N) is 1. The molecule has 0 aliphatic heterocycles. The molecule has 112 valence electrons. The van der Waals surface area contributed by atoms with Crippen LogP contribution in [-0.2, 0) is 11.2 Å². The topological polar surface area (TPSA) is 94.1 Å². The van der Waals surface area contributed by atoms with Crippen LogP contribution in [0.15, 0.2) is 45.7 Å². The summed E-state index contributed by atoms with van der Waals surface area (Å²) >= 11 is 0. The zero-order chi connectivity index (χ0) is 15.4. The third kappa shape index (κ3) is 3.38. The Bertz CT molecular complexity index is 747. The van der Waals surface area contributed by atoms with Crippen LogP contribution >= 0.6 is 0 Å². The molecule has 0 atom stereocenters. The first-order valence-corrected chi connectivity index (χ1v) is 6.80. The molecule has 3 rings (SSSR count). The van der Waals surface area contributed by atoms with E-state index < -0.39 is 0 Å². The van der Waals surface area contributed by atoms with Crippen molar-refractivity contribution in [2.24, 2.45) is 0 Å². The molecule has 1 amide bonds. The first kappa shape index (κ1) is 14.0. The molecule has 0 aliphatic rings. The number of hydrogen-bond donors (Lipinski definition) is 1. The molecule has 0 aliphatic carbocycles. The van der Waals surface area contributed by atoms with Gasteiger partial charge in [0.15, 0.2) is 5.76 Å². The van der Waals surface area contributed by atoms with Crippen molar-refractivity contribution in [2.45, 2.75) is 19.8 Å². The number of carbonyl (C=O) groups excluding carboxylic acids is 1. The number of hydrogen-bond acceptors (Lipinski definition) is 6. The number of furan rings is 1. The third-order valence-electron chi connectivity index (χ3n) is 2.95. The summed E-state index contributed by atoms with van der Waals surface area (Å²) in [5, 5.41) is 6.52. The summed E-state index contributed by atoms with van der Waals surface area (Å²) in [6.07, 6.45) is 3.82. The Hall–Kier alpha value is -2.96. The van der Waals surface area contributed by atoms with Gasteiger partial charge < -0.3 is 14.3 Å². The van der Waals surface area contributed by atoms with Crippen LogP contribution in [0.5, 0.6) is 0 Å². The van der Waals surface area contributed by atoms with Crippen LogP contribution in [-0.4, -0.2) is 21.0 Å². The molecule has 3 aromatic heterocycles. The monoisotopic (exact) mass is 298 g/mol. The van der Waals surface area contributed by atoms with Crippen molar-refractivity contribution >= 4 is 11.7 Å². The fourth-order valence-corrected chi connectivity index (χ4v) is 1.83.